The molecule has 106 valence electrons. The highest BCUT2D eigenvalue weighted by molar-refractivity contribution is 8.13. The van der Waals surface area contributed by atoms with Crippen molar-refractivity contribution in [2.75, 3.05) is 12.5 Å². The summed E-state index contributed by atoms with van der Waals surface area (Å²) in [5.41, 5.74) is -0.0542. The molecule has 0 heterocycles. The number of thioether (sulfide) groups is 1. The molecule has 0 unspecified atom stereocenters. The first kappa shape index (κ1) is 16.0. The molecule has 0 fully saturated rings. The SMILES string of the molecule is CSC(=Nc1cc(C(=O)O)cc(S(C)(=O)=O)c1)NC#N. The van der Waals surface area contributed by atoms with Crippen LogP contribution in [-0.4, -0.2) is 37.2 Å². The largest absolute Gasteiger partial charge is 0.478 e. The second-order valence-electron chi connectivity index (χ2n) is 3.65. The van der Waals surface area contributed by atoms with E-state index in [1.165, 1.54) is 12.1 Å². The number of carbonyl (C=O) groups is 1. The maximum absolute atomic E-state index is 11.5. The van der Waals surface area contributed by atoms with Crippen molar-refractivity contribution in [1.29, 1.82) is 5.26 Å². The van der Waals surface area contributed by atoms with Gasteiger partial charge < -0.3 is 5.11 Å². The monoisotopic (exact) mass is 313 g/mol. The van der Waals surface area contributed by atoms with Gasteiger partial charge in [0.2, 0.25) is 0 Å². The first-order valence-electron chi connectivity index (χ1n) is 5.14. The highest BCUT2D eigenvalue weighted by Gasteiger charge is 2.13. The molecule has 0 saturated heterocycles. The molecule has 0 radical (unpaired) electrons. The Hall–Kier alpha value is -2.05. The van der Waals surface area contributed by atoms with E-state index in [0.29, 0.717) is 0 Å². The lowest BCUT2D eigenvalue weighted by molar-refractivity contribution is 0.0696. The summed E-state index contributed by atoms with van der Waals surface area (Å²) in [5.74, 6) is -1.26. The third-order valence-electron chi connectivity index (χ3n) is 2.15. The molecule has 0 amide bonds. The van der Waals surface area contributed by atoms with Crippen molar-refractivity contribution in [3.8, 4) is 6.19 Å². The van der Waals surface area contributed by atoms with Crippen molar-refractivity contribution in [2.45, 2.75) is 4.90 Å². The van der Waals surface area contributed by atoms with Gasteiger partial charge in [-0.2, -0.15) is 5.26 Å². The van der Waals surface area contributed by atoms with E-state index in [1.807, 2.05) is 0 Å². The Balaban J connectivity index is 3.44. The van der Waals surface area contributed by atoms with Gasteiger partial charge in [0.25, 0.3) is 0 Å². The molecule has 9 heteroatoms. The van der Waals surface area contributed by atoms with Crippen molar-refractivity contribution in [3.05, 3.63) is 23.8 Å². The Labute approximate surface area is 120 Å². The second kappa shape index (κ2) is 6.40. The molecule has 0 spiro atoms. The van der Waals surface area contributed by atoms with Crippen LogP contribution in [0, 0.1) is 11.5 Å². The number of nitriles is 1. The van der Waals surface area contributed by atoms with E-state index >= 15 is 0 Å². The van der Waals surface area contributed by atoms with Crippen LogP contribution in [-0.2, 0) is 9.84 Å². The summed E-state index contributed by atoms with van der Waals surface area (Å²) in [4.78, 5) is 14.9. The van der Waals surface area contributed by atoms with Crippen LogP contribution in [0.1, 0.15) is 10.4 Å². The molecule has 2 N–H and O–H groups in total. The molecule has 7 nitrogen and oxygen atoms in total. The number of amidine groups is 1. The fourth-order valence-corrected chi connectivity index (χ4v) is 2.30. The van der Waals surface area contributed by atoms with Gasteiger partial charge >= 0.3 is 5.97 Å². The van der Waals surface area contributed by atoms with E-state index < -0.39 is 15.8 Å². The van der Waals surface area contributed by atoms with Crippen LogP contribution in [0.25, 0.3) is 0 Å². The van der Waals surface area contributed by atoms with Crippen LogP contribution in [0.15, 0.2) is 28.1 Å². The average molecular weight is 313 g/mol. The summed E-state index contributed by atoms with van der Waals surface area (Å²) in [6.07, 6.45) is 4.33. The summed E-state index contributed by atoms with van der Waals surface area (Å²) in [6.45, 7) is 0. The predicted molar refractivity (Wildman–Crippen MR) is 75.9 cm³/mol. The number of aliphatic imine (C=N–C) groups is 1. The third kappa shape index (κ3) is 4.25. The number of nitrogens with one attached hydrogen (secondary N) is 1. The van der Waals surface area contributed by atoms with E-state index in [-0.39, 0.29) is 21.3 Å². The maximum atomic E-state index is 11.5. The van der Waals surface area contributed by atoms with Crippen LogP contribution in [0.3, 0.4) is 0 Å². The van der Waals surface area contributed by atoms with Gasteiger partial charge in [0.15, 0.2) is 21.2 Å². The fourth-order valence-electron chi connectivity index (χ4n) is 1.28. The van der Waals surface area contributed by atoms with Gasteiger partial charge in [-0.1, -0.05) is 11.8 Å². The minimum absolute atomic E-state index is 0.137. The van der Waals surface area contributed by atoms with Gasteiger partial charge in [0.1, 0.15) is 0 Å². The highest BCUT2D eigenvalue weighted by atomic mass is 32.2. The molecular formula is C11H11N3O4S2. The van der Waals surface area contributed by atoms with Crippen molar-refractivity contribution in [3.63, 3.8) is 0 Å². The average Bonchev–Trinajstić information content (AvgIpc) is 2.36. The fraction of sp³-hybridized carbons (Fsp3) is 0.182. The van der Waals surface area contributed by atoms with Gasteiger partial charge in [-0.3, -0.25) is 5.32 Å². The van der Waals surface area contributed by atoms with E-state index in [4.69, 9.17) is 10.4 Å². The molecule has 0 saturated carbocycles. The van der Waals surface area contributed by atoms with E-state index in [0.717, 1.165) is 24.1 Å². The molecule has 0 aromatic heterocycles. The Morgan fingerprint density at radius 1 is 1.45 bits per heavy atom. The van der Waals surface area contributed by atoms with Crippen LogP contribution in [0.4, 0.5) is 5.69 Å². The summed E-state index contributed by atoms with van der Waals surface area (Å²) in [5, 5.41) is 20.0. The first-order valence-corrected chi connectivity index (χ1v) is 8.25. The quantitative estimate of drug-likeness (QED) is 0.372. The number of nitrogens with zero attached hydrogens (tertiary/aromatic N) is 2. The Kier molecular flexibility index (Phi) is 5.12. The number of carboxylic acids is 1. The minimum Gasteiger partial charge on any atom is -0.478 e. The highest BCUT2D eigenvalue weighted by Crippen LogP contribution is 2.22. The molecule has 1 aromatic carbocycles. The van der Waals surface area contributed by atoms with Gasteiger partial charge in [-0.05, 0) is 24.5 Å². The molecule has 0 bridgehead atoms. The van der Waals surface area contributed by atoms with Crippen LogP contribution >= 0.6 is 11.8 Å². The molecule has 20 heavy (non-hydrogen) atoms. The molecule has 0 atom stereocenters. The van der Waals surface area contributed by atoms with E-state index in [2.05, 4.69) is 10.3 Å². The normalized spacial score (nSPS) is 11.8. The van der Waals surface area contributed by atoms with Crippen molar-refractivity contribution < 1.29 is 18.3 Å². The number of carboxylic acid groups (broad SMARTS) is 1. The van der Waals surface area contributed by atoms with Gasteiger partial charge in [-0.15, -0.1) is 0 Å². The number of sulfone groups is 1. The lowest BCUT2D eigenvalue weighted by Gasteiger charge is -2.05. The minimum atomic E-state index is -3.56. The maximum Gasteiger partial charge on any atom is 0.335 e. The number of hydrogen-bond donors (Lipinski definition) is 2. The molecule has 0 aliphatic carbocycles. The summed E-state index contributed by atoms with van der Waals surface area (Å²) < 4.78 is 23.1. The number of rotatable bonds is 3. The topological polar surface area (TPSA) is 120 Å². The van der Waals surface area contributed by atoms with Crippen LogP contribution in [0.2, 0.25) is 0 Å². The Morgan fingerprint density at radius 2 is 2.10 bits per heavy atom. The summed E-state index contributed by atoms with van der Waals surface area (Å²) in [6, 6.07) is 3.54. The molecular weight excluding hydrogens is 302 g/mol. The first-order chi connectivity index (χ1) is 9.27. The van der Waals surface area contributed by atoms with Crippen molar-refractivity contribution in [1.82, 2.24) is 5.32 Å². The number of aromatic carboxylic acids is 1. The predicted octanol–water partition coefficient (Wildman–Crippen LogP) is 1.21. The standard InChI is InChI=1S/C11H11N3O4S2/c1-19-11(13-6-12)14-8-3-7(10(15)16)4-9(5-8)20(2,17)18/h3-5H,1-2H3,(H,13,14)(H,15,16). The number of hydrogen-bond acceptors (Lipinski definition) is 6. The van der Waals surface area contributed by atoms with Crippen molar-refractivity contribution >= 4 is 38.4 Å². The van der Waals surface area contributed by atoms with Crippen LogP contribution in [0.5, 0.6) is 0 Å². The van der Waals surface area contributed by atoms with Gasteiger partial charge in [0, 0.05) is 6.26 Å². The Morgan fingerprint density at radius 3 is 2.55 bits per heavy atom. The summed E-state index contributed by atoms with van der Waals surface area (Å²) >= 11 is 1.14. The Bertz CT molecular complexity index is 705. The molecule has 0 aliphatic rings. The van der Waals surface area contributed by atoms with Crippen LogP contribution < -0.4 is 5.32 Å². The molecule has 1 aromatic rings. The smallest absolute Gasteiger partial charge is 0.335 e. The zero-order valence-corrected chi connectivity index (χ0v) is 12.2. The van der Waals surface area contributed by atoms with E-state index in [1.54, 1.807) is 12.4 Å². The second-order valence-corrected chi connectivity index (χ2v) is 6.46. The zero-order valence-electron chi connectivity index (χ0n) is 10.6. The lowest BCUT2D eigenvalue weighted by atomic mass is 10.2. The molecule has 1 rings (SSSR count). The van der Waals surface area contributed by atoms with Crippen molar-refractivity contribution in [2.24, 2.45) is 4.99 Å². The van der Waals surface area contributed by atoms with Gasteiger partial charge in [-0.25, -0.2) is 18.2 Å². The third-order valence-corrected chi connectivity index (χ3v) is 3.83. The zero-order chi connectivity index (χ0) is 15.3. The lowest BCUT2D eigenvalue weighted by Crippen LogP contribution is -2.12. The van der Waals surface area contributed by atoms with E-state index in [9.17, 15) is 13.2 Å². The summed E-state index contributed by atoms with van der Waals surface area (Å²) in [7, 11) is -3.56. The molecule has 0 aliphatic heterocycles. The number of benzene rings is 1. The van der Waals surface area contributed by atoms with Gasteiger partial charge in [0.05, 0.1) is 16.1 Å².